The fraction of sp³-hybridized carbons (Fsp3) is 0.660. The van der Waals surface area contributed by atoms with Gasteiger partial charge in [0.15, 0.2) is 11.5 Å². The molecule has 15 N–H and O–H groups in total. The monoisotopic (exact) mass is 1150 g/mol. The number of carbonyl (C=O) groups is 8. The molecule has 0 aliphatic carbocycles. The van der Waals surface area contributed by atoms with Gasteiger partial charge in [0.1, 0.15) is 48.5 Å². The van der Waals surface area contributed by atoms with Crippen molar-refractivity contribution in [2.45, 2.75) is 145 Å². The van der Waals surface area contributed by atoms with Crippen LogP contribution in [0.25, 0.3) is 0 Å². The van der Waals surface area contributed by atoms with Crippen molar-refractivity contribution in [2.75, 3.05) is 46.0 Å². The second-order valence-corrected chi connectivity index (χ2v) is 20.6. The quantitative estimate of drug-likeness (QED) is 0.0216. The molecule has 0 spiro atoms. The Morgan fingerprint density at radius 1 is 0.886 bits per heavy atom. The molecule has 4 rings (SSSR count). The molecule has 3 aliphatic heterocycles. The van der Waals surface area contributed by atoms with Gasteiger partial charge in [-0.3, -0.25) is 28.8 Å². The summed E-state index contributed by atoms with van der Waals surface area (Å²) < 4.78 is 19.7. The number of phenols is 1. The smallest absolute Gasteiger partial charge is 0.410 e. The molecular weight excluding hydrogens is 1080 g/mol. The molecule has 79 heavy (non-hydrogen) atoms. The molecule has 3 fully saturated rings. The third-order valence-corrected chi connectivity index (χ3v) is 13.2. The molecule has 0 bridgehead atoms. The summed E-state index contributed by atoms with van der Waals surface area (Å²) in [6.45, 7) is 6.18. The minimum absolute atomic E-state index is 0.0434. The lowest BCUT2D eigenvalue weighted by atomic mass is 9.98. The molecule has 3 heterocycles. The van der Waals surface area contributed by atoms with Crippen molar-refractivity contribution >= 4 is 60.0 Å². The number of amides is 8. The zero-order chi connectivity index (χ0) is 59.1. The Balaban J connectivity index is 1.90. The van der Waals surface area contributed by atoms with Gasteiger partial charge >= 0.3 is 12.2 Å². The van der Waals surface area contributed by atoms with E-state index in [0.717, 1.165) is 33.8 Å². The lowest BCUT2D eigenvalue weighted by Gasteiger charge is -2.35. The topological polar surface area (TPSA) is 455 Å². The highest BCUT2D eigenvalue weighted by atomic mass is 32.2. The van der Waals surface area contributed by atoms with E-state index in [-0.39, 0.29) is 30.2 Å². The van der Waals surface area contributed by atoms with Crippen LogP contribution in [0, 0.1) is 5.92 Å². The predicted octanol–water partition coefficient (Wildman–Crippen LogP) is -4.83. The van der Waals surface area contributed by atoms with Crippen molar-refractivity contribution in [1.82, 2.24) is 41.3 Å². The Kier molecular flexibility index (Phi) is 24.7. The van der Waals surface area contributed by atoms with E-state index in [1.165, 1.54) is 39.8 Å². The van der Waals surface area contributed by atoms with Gasteiger partial charge < -0.3 is 101 Å². The van der Waals surface area contributed by atoms with Gasteiger partial charge in [0, 0.05) is 51.4 Å². The number of aliphatic hydroxyl groups is 8. The number of β-amino-alcohol motifs (C(OH)–C–C–N with tert-alkyl or cyclic N) is 1. The molecule has 1 aromatic rings. The van der Waals surface area contributed by atoms with Crippen molar-refractivity contribution in [2.24, 2.45) is 5.92 Å². The maximum absolute atomic E-state index is 15.0. The van der Waals surface area contributed by atoms with Crippen molar-refractivity contribution in [3.8, 4) is 11.5 Å². The molecule has 31 nitrogen and oxygen atoms in total. The number of phenolic OH excluding ortho intramolecular Hbond substituents is 1. The number of ether oxygens (including phenoxy) is 2. The first-order chi connectivity index (χ1) is 37.2. The molecule has 8 amide bonds. The average molecular weight is 1150 g/mol. The predicted molar refractivity (Wildman–Crippen MR) is 269 cm³/mol. The van der Waals surface area contributed by atoms with Crippen molar-refractivity contribution < 1.29 is 113 Å². The maximum Gasteiger partial charge on any atom is 0.410 e. The number of nitrogens with zero attached hydrogens (tertiary/aromatic N) is 3. The number of hydrogen-bond acceptors (Lipinski definition) is 24. The van der Waals surface area contributed by atoms with Crippen LogP contribution >= 0.6 is 12.3 Å². The van der Waals surface area contributed by atoms with Crippen LogP contribution in [-0.2, 0) is 54.0 Å². The summed E-state index contributed by atoms with van der Waals surface area (Å²) in [5.41, 5.74) is -1.05. The molecule has 32 heteroatoms. The Bertz CT molecular complexity index is 2290. The normalized spacial score (nSPS) is 27.0. The van der Waals surface area contributed by atoms with E-state index in [2.05, 4.69) is 42.5 Å². The molecule has 3 aliphatic rings. The summed E-state index contributed by atoms with van der Waals surface area (Å²) in [5, 5.41) is 123. The Morgan fingerprint density at radius 2 is 1.53 bits per heavy atom. The van der Waals surface area contributed by atoms with Crippen molar-refractivity contribution in [3.63, 3.8) is 0 Å². The van der Waals surface area contributed by atoms with Gasteiger partial charge in [0.2, 0.25) is 35.4 Å². The van der Waals surface area contributed by atoms with Crippen molar-refractivity contribution in [3.05, 3.63) is 36.4 Å². The summed E-state index contributed by atoms with van der Waals surface area (Å²) in [4.78, 5) is 116. The molecule has 0 unspecified atom stereocenters. The first-order valence-corrected chi connectivity index (χ1v) is 25.6. The van der Waals surface area contributed by atoms with Crippen LogP contribution in [0.1, 0.15) is 59.4 Å². The van der Waals surface area contributed by atoms with E-state index < -0.39 is 209 Å². The largest absolute Gasteiger partial charge is 0.504 e. The van der Waals surface area contributed by atoms with Crippen LogP contribution in [0.2, 0.25) is 0 Å². The zero-order valence-electron chi connectivity index (χ0n) is 43.9. The lowest BCUT2D eigenvalue weighted by molar-refractivity contribution is -0.433. The summed E-state index contributed by atoms with van der Waals surface area (Å²) in [5.74, 6) is -9.21. The van der Waals surface area contributed by atoms with E-state index >= 15 is 0 Å². The number of alkyl carbamates (subject to hydrolysis) is 1. The molecule has 0 aromatic heterocycles. The van der Waals surface area contributed by atoms with Crippen LogP contribution in [0.5, 0.6) is 11.5 Å². The number of fused-ring (bicyclic) bond motifs is 2. The van der Waals surface area contributed by atoms with Crippen LogP contribution < -0.4 is 30.8 Å². The van der Waals surface area contributed by atoms with Gasteiger partial charge in [-0.05, 0) is 51.8 Å². The summed E-state index contributed by atoms with van der Waals surface area (Å²) in [7, 11) is 0. The Hall–Kier alpha value is -6.17. The minimum Gasteiger partial charge on any atom is -0.504 e. The van der Waals surface area contributed by atoms with Gasteiger partial charge in [-0.1, -0.05) is 35.0 Å². The van der Waals surface area contributed by atoms with E-state index in [9.17, 15) is 84.3 Å². The van der Waals surface area contributed by atoms with Gasteiger partial charge in [0.25, 0.3) is 12.3 Å². The number of nitrogens with one attached hydrogen (secondary N) is 5. The average Bonchev–Trinajstić information content (AvgIpc) is 4.00. The maximum atomic E-state index is 15.0. The van der Waals surface area contributed by atoms with Gasteiger partial charge in [-0.2, -0.15) is 0 Å². The number of carbonyl (C=O) groups excluding carboxylic acids is 8. The zero-order valence-corrected chi connectivity index (χ0v) is 44.7. The third-order valence-electron chi connectivity index (χ3n) is 12.9. The molecule has 0 radical (unpaired) electrons. The Morgan fingerprint density at radius 3 is 2.15 bits per heavy atom. The fourth-order valence-corrected chi connectivity index (χ4v) is 9.13. The van der Waals surface area contributed by atoms with Crippen LogP contribution in [0.3, 0.4) is 0 Å². The minimum atomic E-state index is -2.23. The van der Waals surface area contributed by atoms with E-state index in [4.69, 9.17) is 18.9 Å². The number of aromatic hydroxyl groups is 1. The first-order valence-electron chi connectivity index (χ1n) is 24.9. The third kappa shape index (κ3) is 18.2. The highest BCUT2D eigenvalue weighted by Gasteiger charge is 2.50. The summed E-state index contributed by atoms with van der Waals surface area (Å²) >= 11 is 0.0434. The van der Waals surface area contributed by atoms with E-state index in [1.54, 1.807) is 0 Å². The first kappa shape index (κ1) is 65.3. The van der Waals surface area contributed by atoms with Crippen molar-refractivity contribution in [1.29, 1.82) is 0 Å². The number of hydrogen-bond donors (Lipinski definition) is 15. The van der Waals surface area contributed by atoms with Crippen LogP contribution in [-0.4, -0.2) is 244 Å². The molecule has 3 saturated heterocycles. The summed E-state index contributed by atoms with van der Waals surface area (Å²) in [6.07, 6.45) is -14.5. The van der Waals surface area contributed by atoms with Gasteiger partial charge in [-0.15, -0.1) is 0 Å². The molecule has 0 saturated carbocycles. The van der Waals surface area contributed by atoms with E-state index in [1.807, 2.05) is 0 Å². The highest BCUT2D eigenvalue weighted by Crippen LogP contribution is 2.31. The summed E-state index contributed by atoms with van der Waals surface area (Å²) in [6, 6.07) is -9.65. The molecular formula is C47H72N8O23S. The SMILES string of the molecule is C=CCOC(=O)N(CC[C@@H](O)[C@@H]1NC(=O)[C@H]([C@H](O)Cc2ccc(O)c(OSOOO)c2)NC(=O)[C@@H]2C[C@@H](O)CN2C(=O)[C@H]([C@@H](C)O)NC(=O)[C@@H](NC(=O)OC(C)(C)C)C[C@@H](O)CNC(=O)[C@@H]2[C@@H](O)[C@@H](C)CN2C1=O)C(CO)CO. The van der Waals surface area contributed by atoms with Crippen LogP contribution in [0.15, 0.2) is 30.9 Å². The number of rotatable bonds is 18. The van der Waals surface area contributed by atoms with E-state index in [0.29, 0.717) is 0 Å². The molecule has 13 atom stereocenters. The number of aliphatic hydroxyl groups excluding tert-OH is 8. The number of benzene rings is 1. The highest BCUT2D eigenvalue weighted by molar-refractivity contribution is 7.90. The van der Waals surface area contributed by atoms with Gasteiger partial charge in [0.05, 0.1) is 55.9 Å². The molecule has 444 valence electrons. The lowest BCUT2D eigenvalue weighted by Crippen LogP contribution is -2.64. The second-order valence-electron chi connectivity index (χ2n) is 20.1. The van der Waals surface area contributed by atoms with Gasteiger partial charge in [-0.25, -0.2) is 14.8 Å². The standard InChI is InChI=1S/C47H72N8O23S/c1-7-12-74-46(72)53(25(20-56)21-57)11-10-31(62)36-44(70)55-18-22(2)38(64)37(55)42(68)48-17-26(59)15-28(49-45(71)75-47(4,5)6)39(65)50-34(23(3)58)43(69)54-19-27(60)16-29(54)40(66)51-35(41(67)52-36)32(63)13-24-8-9-30(61)33(14-24)76-79-78-77-73/h7-9,14,22-23,25-29,31-32,34-38,56-64,73H,1,10-13,15-21H2,2-6H3,(H,48,68)(H,49,71)(H,50,65)(H,51,66)(H,52,67)/t22-,23+,26+,27+,28-,29-,31+,32+,34-,35-,36-,37-,38-/m0/s1. The molecule has 1 aromatic carbocycles. The fourth-order valence-electron chi connectivity index (χ4n) is 8.87. The second kappa shape index (κ2) is 29.9. The Labute approximate surface area is 457 Å². The van der Waals surface area contributed by atoms with Crippen LogP contribution in [0.4, 0.5) is 9.59 Å².